The fraction of sp³-hybridized carbons (Fsp3) is 1.00. The molecule has 0 heterocycles. The topological polar surface area (TPSA) is 29.5 Å². The first-order valence-corrected chi connectivity index (χ1v) is 12.7. The van der Waals surface area contributed by atoms with E-state index >= 15 is 0 Å². The lowest BCUT2D eigenvalue weighted by Gasteiger charge is -2.67. The fourth-order valence-electron chi connectivity index (χ4n) is 8.90. The first-order valence-electron chi connectivity index (χ1n) is 12.7. The predicted octanol–water partition coefficient (Wildman–Crippen LogP) is 6.99. The smallest absolute Gasteiger partial charge is 0.0824 e. The summed E-state index contributed by atoms with van der Waals surface area (Å²) in [5.74, 6) is 2.64. The van der Waals surface area contributed by atoms with Crippen LogP contribution in [0.1, 0.15) is 113 Å². The second-order valence-corrected chi connectivity index (χ2v) is 13.5. The molecule has 0 bridgehead atoms. The van der Waals surface area contributed by atoms with E-state index in [1.165, 1.54) is 64.2 Å². The fourth-order valence-corrected chi connectivity index (χ4v) is 8.90. The Morgan fingerprint density at radius 2 is 1.62 bits per heavy atom. The molecule has 4 saturated carbocycles. The van der Waals surface area contributed by atoms with Gasteiger partial charge in [0, 0.05) is 0 Å². The van der Waals surface area contributed by atoms with Gasteiger partial charge in [-0.3, -0.25) is 0 Å². The van der Waals surface area contributed by atoms with Crippen molar-refractivity contribution in [1.82, 2.24) is 0 Å². The summed E-state index contributed by atoms with van der Waals surface area (Å²) in [5.41, 5.74) is 1.22. The maximum atomic E-state index is 10.2. The maximum absolute atomic E-state index is 10.2. The van der Waals surface area contributed by atoms with Crippen LogP contribution in [-0.2, 0) is 4.74 Å². The summed E-state index contributed by atoms with van der Waals surface area (Å²) in [6, 6.07) is 0. The number of fused-ring (bicyclic) bond motifs is 5. The van der Waals surface area contributed by atoms with Gasteiger partial charge in [-0.1, -0.05) is 41.0 Å². The van der Waals surface area contributed by atoms with Crippen LogP contribution in [0.5, 0.6) is 0 Å². The highest BCUT2D eigenvalue weighted by molar-refractivity contribution is 5.13. The van der Waals surface area contributed by atoms with Crippen LogP contribution in [0.15, 0.2) is 0 Å². The Balaban J connectivity index is 1.54. The van der Waals surface area contributed by atoms with Crippen LogP contribution in [0.2, 0.25) is 0 Å². The molecule has 2 heteroatoms. The van der Waals surface area contributed by atoms with Crippen LogP contribution in [0.25, 0.3) is 0 Å². The van der Waals surface area contributed by atoms with E-state index in [-0.39, 0.29) is 0 Å². The Bertz CT molecular complexity index is 623. The first kappa shape index (κ1) is 22.1. The molecular weight excluding hydrogens is 356 g/mol. The highest BCUT2D eigenvalue weighted by atomic mass is 16.5. The van der Waals surface area contributed by atoms with E-state index < -0.39 is 5.60 Å². The van der Waals surface area contributed by atoms with Gasteiger partial charge in [-0.15, -0.1) is 0 Å². The molecule has 8 unspecified atom stereocenters. The van der Waals surface area contributed by atoms with E-state index in [0.29, 0.717) is 34.4 Å². The van der Waals surface area contributed by atoms with Crippen molar-refractivity contribution in [1.29, 1.82) is 0 Å². The van der Waals surface area contributed by atoms with Gasteiger partial charge < -0.3 is 9.84 Å². The minimum absolute atomic E-state index is 0.323. The third-order valence-corrected chi connectivity index (χ3v) is 11.1. The number of aliphatic hydroxyl groups is 1. The SMILES string of the molecule is CCC1(C)CCC2(C)C3CCC4(C)C(OCC(C)(C)O)CCC4C3CCC2(C)C1. The molecule has 1 N–H and O–H groups in total. The maximum Gasteiger partial charge on any atom is 0.0824 e. The molecule has 4 rings (SSSR count). The van der Waals surface area contributed by atoms with Crippen molar-refractivity contribution in [2.24, 2.45) is 39.4 Å². The average Bonchev–Trinajstić information content (AvgIpc) is 2.97. The molecule has 4 aliphatic carbocycles. The molecule has 0 radical (unpaired) electrons. The van der Waals surface area contributed by atoms with Crippen LogP contribution in [0.4, 0.5) is 0 Å². The Morgan fingerprint density at radius 1 is 0.897 bits per heavy atom. The molecular formula is C27H48O2. The largest absolute Gasteiger partial charge is 0.388 e. The Hall–Kier alpha value is -0.0800. The van der Waals surface area contributed by atoms with Crippen LogP contribution < -0.4 is 0 Å². The second kappa shape index (κ2) is 6.96. The Kier molecular flexibility index (Phi) is 5.31. The molecule has 0 amide bonds. The Labute approximate surface area is 180 Å². The molecule has 168 valence electrons. The summed E-state index contributed by atoms with van der Waals surface area (Å²) >= 11 is 0. The van der Waals surface area contributed by atoms with Crippen LogP contribution in [0.3, 0.4) is 0 Å². The average molecular weight is 405 g/mol. The van der Waals surface area contributed by atoms with E-state index in [9.17, 15) is 5.11 Å². The van der Waals surface area contributed by atoms with Gasteiger partial charge in [-0.05, 0) is 111 Å². The third kappa shape index (κ3) is 3.43. The molecule has 8 atom stereocenters. The van der Waals surface area contributed by atoms with Gasteiger partial charge >= 0.3 is 0 Å². The number of ether oxygens (including phenoxy) is 1. The summed E-state index contributed by atoms with van der Waals surface area (Å²) in [4.78, 5) is 0. The van der Waals surface area contributed by atoms with Gasteiger partial charge in [0.1, 0.15) is 0 Å². The Morgan fingerprint density at radius 3 is 2.28 bits per heavy atom. The molecule has 2 nitrogen and oxygen atoms in total. The van der Waals surface area contributed by atoms with Crippen molar-refractivity contribution >= 4 is 0 Å². The van der Waals surface area contributed by atoms with Crippen LogP contribution >= 0.6 is 0 Å². The van der Waals surface area contributed by atoms with E-state index in [2.05, 4.69) is 34.6 Å². The lowest BCUT2D eigenvalue weighted by atomic mass is 9.38. The first-order chi connectivity index (χ1) is 13.4. The monoisotopic (exact) mass is 404 g/mol. The zero-order chi connectivity index (χ0) is 21.3. The van der Waals surface area contributed by atoms with E-state index in [1.807, 2.05) is 13.8 Å². The van der Waals surface area contributed by atoms with Crippen molar-refractivity contribution in [3.63, 3.8) is 0 Å². The van der Waals surface area contributed by atoms with Crippen molar-refractivity contribution in [2.45, 2.75) is 124 Å². The van der Waals surface area contributed by atoms with Crippen LogP contribution in [-0.4, -0.2) is 23.4 Å². The zero-order valence-corrected chi connectivity index (χ0v) is 20.4. The van der Waals surface area contributed by atoms with E-state index in [0.717, 1.165) is 17.8 Å². The standard InChI is InChI=1S/C27H48O2/c1-8-24(4)15-16-27(7)21-12-14-26(6)20(19(21)11-13-25(27,5)17-24)9-10-22(26)29-18-23(2,3)28/h19-22,28H,8-18H2,1-7H3. The van der Waals surface area contributed by atoms with Crippen molar-refractivity contribution in [3.05, 3.63) is 0 Å². The zero-order valence-electron chi connectivity index (χ0n) is 20.4. The van der Waals surface area contributed by atoms with Gasteiger partial charge in [0.25, 0.3) is 0 Å². The van der Waals surface area contributed by atoms with E-state index in [4.69, 9.17) is 4.74 Å². The summed E-state index contributed by atoms with van der Waals surface area (Å²) in [6.07, 6.45) is 14.1. The number of rotatable bonds is 4. The molecule has 0 spiro atoms. The summed E-state index contributed by atoms with van der Waals surface area (Å²) in [6.45, 7) is 17.1. The summed E-state index contributed by atoms with van der Waals surface area (Å²) in [5, 5.41) is 10.2. The summed E-state index contributed by atoms with van der Waals surface area (Å²) in [7, 11) is 0. The molecule has 0 aromatic carbocycles. The van der Waals surface area contributed by atoms with Crippen molar-refractivity contribution in [3.8, 4) is 0 Å². The molecule has 4 aliphatic rings. The molecule has 4 fully saturated rings. The van der Waals surface area contributed by atoms with Gasteiger partial charge in [0.05, 0.1) is 18.3 Å². The number of hydrogen-bond acceptors (Lipinski definition) is 2. The highest BCUT2D eigenvalue weighted by Gasteiger charge is 2.64. The summed E-state index contributed by atoms with van der Waals surface area (Å²) < 4.78 is 6.36. The minimum atomic E-state index is -0.722. The molecule has 29 heavy (non-hydrogen) atoms. The lowest BCUT2D eigenvalue weighted by Crippen LogP contribution is -2.59. The number of hydrogen-bond donors (Lipinski definition) is 1. The normalized spacial score (nSPS) is 52.6. The molecule has 0 aliphatic heterocycles. The van der Waals surface area contributed by atoms with Crippen molar-refractivity contribution < 1.29 is 9.84 Å². The highest BCUT2D eigenvalue weighted by Crippen LogP contribution is 2.72. The molecule has 0 saturated heterocycles. The second-order valence-electron chi connectivity index (χ2n) is 13.5. The predicted molar refractivity (Wildman–Crippen MR) is 121 cm³/mol. The van der Waals surface area contributed by atoms with Gasteiger partial charge in [-0.25, -0.2) is 0 Å². The van der Waals surface area contributed by atoms with Gasteiger partial charge in [-0.2, -0.15) is 0 Å². The van der Waals surface area contributed by atoms with E-state index in [1.54, 1.807) is 0 Å². The molecule has 0 aromatic rings. The van der Waals surface area contributed by atoms with Gasteiger partial charge in [0.2, 0.25) is 0 Å². The van der Waals surface area contributed by atoms with Gasteiger partial charge in [0.15, 0.2) is 0 Å². The van der Waals surface area contributed by atoms with Crippen LogP contribution in [0, 0.1) is 39.4 Å². The lowest BCUT2D eigenvalue weighted by molar-refractivity contribution is -0.183. The third-order valence-electron chi connectivity index (χ3n) is 11.1. The van der Waals surface area contributed by atoms with Crippen molar-refractivity contribution in [2.75, 3.05) is 6.61 Å². The quantitative estimate of drug-likeness (QED) is 0.547. The molecule has 0 aromatic heterocycles. The minimum Gasteiger partial charge on any atom is -0.388 e.